The molecule has 1 fully saturated rings. The lowest BCUT2D eigenvalue weighted by molar-refractivity contribution is 0.0641. The summed E-state index contributed by atoms with van der Waals surface area (Å²) in [6.07, 6.45) is 2.28. The topological polar surface area (TPSA) is 45.5 Å². The van der Waals surface area contributed by atoms with Crippen LogP contribution in [0.3, 0.4) is 0 Å². The molecule has 1 unspecified atom stereocenters. The van der Waals surface area contributed by atoms with Gasteiger partial charge in [-0.15, -0.1) is 12.4 Å². The third-order valence-corrected chi connectivity index (χ3v) is 3.25. The van der Waals surface area contributed by atoms with Crippen LogP contribution in [0.15, 0.2) is 16.5 Å². The highest BCUT2D eigenvalue weighted by atomic mass is 35.5. The van der Waals surface area contributed by atoms with Gasteiger partial charge >= 0.3 is 0 Å². The molecule has 0 spiro atoms. The van der Waals surface area contributed by atoms with E-state index >= 15 is 0 Å². The molecule has 1 aliphatic rings. The zero-order valence-corrected chi connectivity index (χ0v) is 11.8. The summed E-state index contributed by atoms with van der Waals surface area (Å²) in [6, 6.07) is 3.60. The summed E-state index contributed by atoms with van der Waals surface area (Å²) < 4.78 is 5.39. The van der Waals surface area contributed by atoms with Crippen LogP contribution in [0.5, 0.6) is 0 Å². The van der Waals surface area contributed by atoms with Gasteiger partial charge in [-0.1, -0.05) is 0 Å². The van der Waals surface area contributed by atoms with E-state index in [-0.39, 0.29) is 18.3 Å². The van der Waals surface area contributed by atoms with Gasteiger partial charge in [-0.2, -0.15) is 0 Å². The third-order valence-electron chi connectivity index (χ3n) is 3.25. The molecule has 1 N–H and O–H groups in total. The first-order valence-corrected chi connectivity index (χ1v) is 6.21. The molecule has 0 radical (unpaired) electrons. The maximum Gasteiger partial charge on any atom is 0.289 e. The zero-order chi connectivity index (χ0) is 12.3. The number of hydrogen-bond donors (Lipinski definition) is 1. The fourth-order valence-electron chi connectivity index (χ4n) is 2.41. The Labute approximate surface area is 114 Å². The summed E-state index contributed by atoms with van der Waals surface area (Å²) in [6.45, 7) is 4.51. The molecule has 0 aromatic carbocycles. The second kappa shape index (κ2) is 6.81. The summed E-state index contributed by atoms with van der Waals surface area (Å²) in [5, 5.41) is 3.18. The number of carbonyl (C=O) groups excluding carboxylic acids is 1. The van der Waals surface area contributed by atoms with Gasteiger partial charge in [0.15, 0.2) is 5.76 Å². The van der Waals surface area contributed by atoms with E-state index in [1.165, 1.54) is 6.42 Å². The second-order valence-corrected chi connectivity index (χ2v) is 4.73. The number of halogens is 1. The molecule has 5 heteroatoms. The van der Waals surface area contributed by atoms with E-state index < -0.39 is 0 Å². The van der Waals surface area contributed by atoms with Crippen LogP contribution in [0.25, 0.3) is 0 Å². The smallest absolute Gasteiger partial charge is 0.289 e. The number of furan rings is 1. The summed E-state index contributed by atoms with van der Waals surface area (Å²) in [4.78, 5) is 14.1. The lowest BCUT2D eigenvalue weighted by Crippen LogP contribution is -2.42. The minimum absolute atomic E-state index is 0. The van der Waals surface area contributed by atoms with Crippen LogP contribution in [-0.2, 0) is 0 Å². The summed E-state index contributed by atoms with van der Waals surface area (Å²) in [5.74, 6) is 1.84. The number of carbonyl (C=O) groups is 1. The lowest BCUT2D eigenvalue weighted by atomic mass is 9.98. The molecule has 1 atom stereocenters. The standard InChI is InChI=1S/C13H20N2O2.ClH/c1-10-5-6-12(17-10)13(16)15-7-3-4-11(9-15)8-14-2;/h5-6,11,14H,3-4,7-9H2,1-2H3;1H. The Morgan fingerprint density at radius 2 is 2.33 bits per heavy atom. The number of nitrogens with one attached hydrogen (secondary N) is 1. The number of aryl methyl sites for hydroxylation is 1. The van der Waals surface area contributed by atoms with E-state index in [2.05, 4.69) is 5.32 Å². The highest BCUT2D eigenvalue weighted by molar-refractivity contribution is 5.91. The zero-order valence-electron chi connectivity index (χ0n) is 10.9. The van der Waals surface area contributed by atoms with Crippen LogP contribution in [0.2, 0.25) is 0 Å². The van der Waals surface area contributed by atoms with Gasteiger partial charge in [-0.05, 0) is 51.4 Å². The van der Waals surface area contributed by atoms with Gasteiger partial charge in [-0.3, -0.25) is 4.79 Å². The maximum absolute atomic E-state index is 12.2. The quantitative estimate of drug-likeness (QED) is 0.916. The van der Waals surface area contributed by atoms with Crippen LogP contribution < -0.4 is 5.32 Å². The Morgan fingerprint density at radius 1 is 1.56 bits per heavy atom. The van der Waals surface area contributed by atoms with Crippen LogP contribution in [0.4, 0.5) is 0 Å². The second-order valence-electron chi connectivity index (χ2n) is 4.73. The molecule has 4 nitrogen and oxygen atoms in total. The number of hydrogen-bond acceptors (Lipinski definition) is 3. The summed E-state index contributed by atoms with van der Waals surface area (Å²) >= 11 is 0. The highest BCUT2D eigenvalue weighted by Gasteiger charge is 2.25. The number of piperidine rings is 1. The first-order chi connectivity index (χ1) is 8.20. The van der Waals surface area contributed by atoms with Gasteiger partial charge in [0.2, 0.25) is 0 Å². The van der Waals surface area contributed by atoms with Crippen molar-refractivity contribution < 1.29 is 9.21 Å². The van der Waals surface area contributed by atoms with Crippen molar-refractivity contribution >= 4 is 18.3 Å². The fourth-order valence-corrected chi connectivity index (χ4v) is 2.41. The van der Waals surface area contributed by atoms with Crippen molar-refractivity contribution in [3.63, 3.8) is 0 Å². The summed E-state index contributed by atoms with van der Waals surface area (Å²) in [7, 11) is 1.96. The average molecular weight is 273 g/mol. The number of amides is 1. The van der Waals surface area contributed by atoms with E-state index in [1.54, 1.807) is 6.07 Å². The van der Waals surface area contributed by atoms with Crippen molar-refractivity contribution in [2.75, 3.05) is 26.7 Å². The molecule has 0 saturated carbocycles. The molecular formula is C13H21ClN2O2. The van der Waals surface area contributed by atoms with Crippen molar-refractivity contribution in [3.05, 3.63) is 23.7 Å². The average Bonchev–Trinajstić information content (AvgIpc) is 2.76. The van der Waals surface area contributed by atoms with Crippen LogP contribution in [-0.4, -0.2) is 37.5 Å². The minimum Gasteiger partial charge on any atom is -0.456 e. The summed E-state index contributed by atoms with van der Waals surface area (Å²) in [5.41, 5.74) is 0. The van der Waals surface area contributed by atoms with Crippen LogP contribution in [0.1, 0.15) is 29.2 Å². The fraction of sp³-hybridized carbons (Fsp3) is 0.615. The Morgan fingerprint density at radius 3 is 2.94 bits per heavy atom. The molecule has 1 aromatic heterocycles. The normalized spacial score (nSPS) is 19.4. The van der Waals surface area contributed by atoms with E-state index in [0.29, 0.717) is 11.7 Å². The van der Waals surface area contributed by atoms with Crippen molar-refractivity contribution in [2.24, 2.45) is 5.92 Å². The van der Waals surface area contributed by atoms with Crippen molar-refractivity contribution in [1.29, 1.82) is 0 Å². The maximum atomic E-state index is 12.2. The first-order valence-electron chi connectivity index (χ1n) is 6.21. The molecule has 1 aromatic rings. The Balaban J connectivity index is 0.00000162. The molecule has 102 valence electrons. The molecule has 1 saturated heterocycles. The largest absolute Gasteiger partial charge is 0.456 e. The Hall–Kier alpha value is -1.00. The molecule has 0 bridgehead atoms. The molecule has 0 aliphatic carbocycles. The van der Waals surface area contributed by atoms with E-state index in [1.807, 2.05) is 24.9 Å². The molecule has 1 aliphatic heterocycles. The third kappa shape index (κ3) is 3.50. The van der Waals surface area contributed by atoms with Gasteiger partial charge in [0.1, 0.15) is 5.76 Å². The number of likely N-dealkylation sites (tertiary alicyclic amines) is 1. The van der Waals surface area contributed by atoms with Gasteiger partial charge in [0, 0.05) is 13.1 Å². The highest BCUT2D eigenvalue weighted by Crippen LogP contribution is 2.18. The van der Waals surface area contributed by atoms with Crippen molar-refractivity contribution in [2.45, 2.75) is 19.8 Å². The molecule has 1 amide bonds. The number of nitrogens with zero attached hydrogens (tertiary/aromatic N) is 1. The van der Waals surface area contributed by atoms with Gasteiger partial charge in [0.05, 0.1) is 0 Å². The SMILES string of the molecule is CNCC1CCCN(C(=O)c2ccc(C)o2)C1.Cl. The van der Waals surface area contributed by atoms with Gasteiger partial charge < -0.3 is 14.6 Å². The number of rotatable bonds is 3. The lowest BCUT2D eigenvalue weighted by Gasteiger charge is -2.32. The predicted molar refractivity (Wildman–Crippen MR) is 73.2 cm³/mol. The predicted octanol–water partition coefficient (Wildman–Crippen LogP) is 2.08. The van der Waals surface area contributed by atoms with Crippen molar-refractivity contribution in [1.82, 2.24) is 10.2 Å². The molecule has 2 heterocycles. The van der Waals surface area contributed by atoms with Crippen molar-refractivity contribution in [3.8, 4) is 0 Å². The van der Waals surface area contributed by atoms with E-state index in [4.69, 9.17) is 4.42 Å². The van der Waals surface area contributed by atoms with Gasteiger partial charge in [-0.25, -0.2) is 0 Å². The molecule has 18 heavy (non-hydrogen) atoms. The van der Waals surface area contributed by atoms with E-state index in [9.17, 15) is 4.79 Å². The van der Waals surface area contributed by atoms with Crippen LogP contribution in [0, 0.1) is 12.8 Å². The van der Waals surface area contributed by atoms with E-state index in [0.717, 1.165) is 31.8 Å². The van der Waals surface area contributed by atoms with Crippen LogP contribution >= 0.6 is 12.4 Å². The monoisotopic (exact) mass is 272 g/mol. The molecule has 2 rings (SSSR count). The molecular weight excluding hydrogens is 252 g/mol. The Kier molecular flexibility index (Phi) is 5.69. The Bertz CT molecular complexity index is 390. The minimum atomic E-state index is 0. The van der Waals surface area contributed by atoms with Gasteiger partial charge in [0.25, 0.3) is 5.91 Å². The first kappa shape index (κ1) is 15.1.